The molecule has 1 unspecified atom stereocenters. The van der Waals surface area contributed by atoms with Gasteiger partial charge in [0.25, 0.3) is 5.91 Å². The molecule has 0 bridgehead atoms. The summed E-state index contributed by atoms with van der Waals surface area (Å²) in [6, 6.07) is 18.7. The summed E-state index contributed by atoms with van der Waals surface area (Å²) in [5.41, 5.74) is 1.91. The van der Waals surface area contributed by atoms with E-state index in [1.54, 1.807) is 6.08 Å². The van der Waals surface area contributed by atoms with Crippen LogP contribution in [0.2, 0.25) is 0 Å². The predicted molar refractivity (Wildman–Crippen MR) is 115 cm³/mol. The third-order valence-corrected chi connectivity index (χ3v) is 5.56. The molecule has 1 atom stereocenters. The van der Waals surface area contributed by atoms with Gasteiger partial charge in [0, 0.05) is 0 Å². The van der Waals surface area contributed by atoms with Crippen LogP contribution in [0.3, 0.4) is 0 Å². The Hall–Kier alpha value is -2.48. The number of nitrogens with one attached hydrogen (secondary N) is 1. The van der Waals surface area contributed by atoms with E-state index in [1.165, 1.54) is 16.7 Å². The van der Waals surface area contributed by atoms with Gasteiger partial charge in [-0.1, -0.05) is 84.6 Å². The van der Waals surface area contributed by atoms with E-state index in [0.717, 1.165) is 11.1 Å². The number of rotatable bonds is 7. The lowest BCUT2D eigenvalue weighted by Crippen LogP contribution is -2.45. The summed E-state index contributed by atoms with van der Waals surface area (Å²) in [5, 5.41) is 12.3. The van der Waals surface area contributed by atoms with Crippen molar-refractivity contribution in [3.63, 3.8) is 0 Å². The van der Waals surface area contributed by atoms with Gasteiger partial charge in [0.1, 0.15) is 10.9 Å². The van der Waals surface area contributed by atoms with E-state index in [9.17, 15) is 14.7 Å². The molecule has 28 heavy (non-hydrogen) atoms. The Kier molecular flexibility index (Phi) is 6.97. The Labute approximate surface area is 173 Å². The Morgan fingerprint density at radius 3 is 2.43 bits per heavy atom. The van der Waals surface area contributed by atoms with Crippen LogP contribution in [0.5, 0.6) is 0 Å². The van der Waals surface area contributed by atoms with E-state index >= 15 is 0 Å². The number of amides is 2. The van der Waals surface area contributed by atoms with E-state index in [0.29, 0.717) is 15.6 Å². The first-order valence-electron chi connectivity index (χ1n) is 8.81. The van der Waals surface area contributed by atoms with Crippen LogP contribution in [-0.2, 0) is 16.0 Å². The van der Waals surface area contributed by atoms with Gasteiger partial charge in [-0.15, -0.1) is 0 Å². The normalized spacial score (nSPS) is 16.5. The van der Waals surface area contributed by atoms with E-state index in [4.69, 9.17) is 12.2 Å². The quantitative estimate of drug-likeness (QED) is 0.540. The van der Waals surface area contributed by atoms with Crippen molar-refractivity contribution >= 4 is 46.2 Å². The largest absolute Gasteiger partial charge is 0.394 e. The highest BCUT2D eigenvalue weighted by atomic mass is 32.2. The van der Waals surface area contributed by atoms with Crippen LogP contribution in [0.4, 0.5) is 0 Å². The molecule has 1 fully saturated rings. The van der Waals surface area contributed by atoms with Crippen molar-refractivity contribution in [3.05, 3.63) is 76.7 Å². The number of hydrogen-bond acceptors (Lipinski definition) is 5. The maximum absolute atomic E-state index is 12.6. The third kappa shape index (κ3) is 5.28. The number of benzene rings is 2. The summed E-state index contributed by atoms with van der Waals surface area (Å²) in [7, 11) is 0. The number of thioether (sulfide) groups is 1. The summed E-state index contributed by atoms with van der Waals surface area (Å²) in [4.78, 5) is 26.8. The number of aliphatic hydroxyl groups is 1. The molecule has 0 aromatic heterocycles. The zero-order valence-corrected chi connectivity index (χ0v) is 16.7. The topological polar surface area (TPSA) is 69.6 Å². The fourth-order valence-corrected chi connectivity index (χ4v) is 4.07. The Balaban J connectivity index is 1.61. The number of carbonyl (C=O) groups is 2. The van der Waals surface area contributed by atoms with Gasteiger partial charge >= 0.3 is 0 Å². The molecule has 2 N–H and O–H groups in total. The van der Waals surface area contributed by atoms with Crippen LogP contribution in [0.25, 0.3) is 6.08 Å². The molecule has 1 aliphatic heterocycles. The molecule has 1 saturated heterocycles. The lowest BCUT2D eigenvalue weighted by atomic mass is 10.1. The summed E-state index contributed by atoms with van der Waals surface area (Å²) in [6.45, 7) is -0.352. The van der Waals surface area contributed by atoms with Crippen LogP contribution in [0, 0.1) is 0 Å². The Bertz CT molecular complexity index is 885. The van der Waals surface area contributed by atoms with Gasteiger partial charge in [-0.05, 0) is 23.6 Å². The maximum atomic E-state index is 12.6. The maximum Gasteiger partial charge on any atom is 0.266 e. The second-order valence-corrected chi connectivity index (χ2v) is 7.99. The number of hydrogen-bond donors (Lipinski definition) is 2. The Morgan fingerprint density at radius 1 is 1.14 bits per heavy atom. The zero-order valence-electron chi connectivity index (χ0n) is 15.1. The van der Waals surface area contributed by atoms with E-state index in [1.807, 2.05) is 60.7 Å². The SMILES string of the molecule is O=C(CN1C(=O)/C(=C\c2ccccc2)SC1=S)NC(CO)Cc1ccccc1. The number of aliphatic hydroxyl groups excluding tert-OH is 1. The second kappa shape index (κ2) is 9.64. The van der Waals surface area contributed by atoms with Crippen molar-refractivity contribution in [1.82, 2.24) is 10.2 Å². The van der Waals surface area contributed by atoms with E-state index in [2.05, 4.69) is 5.32 Å². The van der Waals surface area contributed by atoms with Crippen LogP contribution < -0.4 is 5.32 Å². The van der Waals surface area contributed by atoms with Crippen molar-refractivity contribution in [2.75, 3.05) is 13.2 Å². The summed E-state index contributed by atoms with van der Waals surface area (Å²) in [6.07, 6.45) is 2.28. The van der Waals surface area contributed by atoms with Crippen molar-refractivity contribution in [2.24, 2.45) is 0 Å². The smallest absolute Gasteiger partial charge is 0.266 e. The number of nitrogens with zero attached hydrogens (tertiary/aromatic N) is 1. The lowest BCUT2D eigenvalue weighted by Gasteiger charge is -2.19. The monoisotopic (exact) mass is 412 g/mol. The van der Waals surface area contributed by atoms with Gasteiger partial charge < -0.3 is 10.4 Å². The first-order chi connectivity index (χ1) is 13.6. The standard InChI is InChI=1S/C21H20N2O3S2/c24-14-17(11-15-7-3-1-4-8-15)22-19(25)13-23-20(26)18(28-21(23)27)12-16-9-5-2-6-10-16/h1-10,12,17,24H,11,13-14H2,(H,22,25)/b18-12+. The molecular formula is C21H20N2O3S2. The molecule has 3 rings (SSSR count). The van der Waals surface area contributed by atoms with Crippen LogP contribution in [-0.4, -0.2) is 45.3 Å². The molecule has 7 heteroatoms. The van der Waals surface area contributed by atoms with Crippen LogP contribution in [0.15, 0.2) is 65.6 Å². The van der Waals surface area contributed by atoms with Crippen molar-refractivity contribution in [3.8, 4) is 0 Å². The molecule has 1 heterocycles. The average Bonchev–Trinajstić information content (AvgIpc) is 2.96. The van der Waals surface area contributed by atoms with Gasteiger partial charge in [-0.25, -0.2) is 0 Å². The minimum absolute atomic E-state index is 0.165. The summed E-state index contributed by atoms with van der Waals surface area (Å²) < 4.78 is 0.353. The van der Waals surface area contributed by atoms with Gasteiger partial charge in [0.05, 0.1) is 17.6 Å². The fourth-order valence-electron chi connectivity index (χ4n) is 2.81. The van der Waals surface area contributed by atoms with Gasteiger partial charge in [0.2, 0.25) is 5.91 Å². The molecule has 0 spiro atoms. The lowest BCUT2D eigenvalue weighted by molar-refractivity contribution is -0.129. The zero-order chi connectivity index (χ0) is 19.9. The fraction of sp³-hybridized carbons (Fsp3) is 0.190. The highest BCUT2D eigenvalue weighted by molar-refractivity contribution is 8.26. The van der Waals surface area contributed by atoms with E-state index in [-0.39, 0.29) is 25.0 Å². The number of carbonyl (C=O) groups excluding carboxylic acids is 2. The van der Waals surface area contributed by atoms with Gasteiger partial charge in [-0.2, -0.15) is 0 Å². The molecule has 0 aliphatic carbocycles. The predicted octanol–water partition coefficient (Wildman–Crippen LogP) is 2.61. The molecular weight excluding hydrogens is 392 g/mol. The molecule has 0 radical (unpaired) electrons. The minimum Gasteiger partial charge on any atom is -0.394 e. The molecule has 2 aromatic carbocycles. The second-order valence-electron chi connectivity index (χ2n) is 6.32. The van der Waals surface area contributed by atoms with Gasteiger partial charge in [0.15, 0.2) is 0 Å². The number of thiocarbonyl (C=S) groups is 1. The molecule has 2 aromatic rings. The first-order valence-corrected chi connectivity index (χ1v) is 10.0. The Morgan fingerprint density at radius 2 is 1.79 bits per heavy atom. The van der Waals surface area contributed by atoms with Crippen LogP contribution >= 0.6 is 24.0 Å². The van der Waals surface area contributed by atoms with Crippen molar-refractivity contribution in [1.29, 1.82) is 0 Å². The van der Waals surface area contributed by atoms with Crippen LogP contribution in [0.1, 0.15) is 11.1 Å². The highest BCUT2D eigenvalue weighted by Crippen LogP contribution is 2.32. The molecule has 1 aliphatic rings. The van der Waals surface area contributed by atoms with Gasteiger partial charge in [-0.3, -0.25) is 14.5 Å². The molecule has 5 nitrogen and oxygen atoms in total. The summed E-state index contributed by atoms with van der Waals surface area (Å²) in [5.74, 6) is -0.634. The summed E-state index contributed by atoms with van der Waals surface area (Å²) >= 11 is 6.46. The molecule has 2 amide bonds. The molecule has 0 saturated carbocycles. The highest BCUT2D eigenvalue weighted by Gasteiger charge is 2.33. The minimum atomic E-state index is -0.423. The van der Waals surface area contributed by atoms with Crippen molar-refractivity contribution < 1.29 is 14.7 Å². The molecule has 144 valence electrons. The first kappa shape index (κ1) is 20.3. The van der Waals surface area contributed by atoms with Crippen molar-refractivity contribution in [2.45, 2.75) is 12.5 Å². The third-order valence-electron chi connectivity index (χ3n) is 4.18. The average molecular weight is 413 g/mol. The van der Waals surface area contributed by atoms with E-state index < -0.39 is 6.04 Å².